The van der Waals surface area contributed by atoms with E-state index in [9.17, 15) is 13.6 Å². The molecule has 1 heterocycles. The van der Waals surface area contributed by atoms with Crippen LogP contribution in [0.15, 0.2) is 17.3 Å². The largest absolute Gasteiger partial charge is 0.340 e. The van der Waals surface area contributed by atoms with E-state index in [1.807, 2.05) is 12.1 Å². The molecule has 124 valence electrons. The molecule has 1 aromatic carbocycles. The molecule has 0 aliphatic heterocycles. The molecule has 0 saturated carbocycles. The molecule has 1 amide bonds. The van der Waals surface area contributed by atoms with Crippen molar-refractivity contribution in [1.29, 1.82) is 10.5 Å². The van der Waals surface area contributed by atoms with Gasteiger partial charge in [0.15, 0.2) is 16.8 Å². The molecule has 1 N–H and O–H groups in total. The maximum absolute atomic E-state index is 13.2. The average Bonchev–Trinajstić information content (AvgIpc) is 2.95. The molecular formula is C15H13F2N5OS. The number of carbonyl (C=O) groups excluding carboxylic acids is 1. The molecular weight excluding hydrogens is 336 g/mol. The minimum absolute atomic E-state index is 0.0433. The highest BCUT2D eigenvalue weighted by molar-refractivity contribution is 7.99. The average molecular weight is 349 g/mol. The Labute approximate surface area is 141 Å². The van der Waals surface area contributed by atoms with E-state index in [1.165, 1.54) is 4.90 Å². The minimum atomic E-state index is -0.985. The van der Waals surface area contributed by atoms with E-state index in [2.05, 4.69) is 9.97 Å². The van der Waals surface area contributed by atoms with Crippen molar-refractivity contribution in [1.82, 2.24) is 14.9 Å². The van der Waals surface area contributed by atoms with Crippen LogP contribution in [0, 0.1) is 34.3 Å². The molecule has 0 radical (unpaired) electrons. The second-order valence-electron chi connectivity index (χ2n) is 4.81. The van der Waals surface area contributed by atoms with Crippen molar-refractivity contribution in [3.8, 4) is 12.1 Å². The standard InChI is InChI=1S/C15H13F2N5OS/c16-10-7-12-13(8-11(10)17)21-15(20-12)24-9-14(23)22(5-1-3-18)6-2-4-19/h7-8H,1-2,5-6,9H2,(H,20,21). The number of aromatic nitrogens is 2. The summed E-state index contributed by atoms with van der Waals surface area (Å²) in [6, 6.07) is 5.91. The summed E-state index contributed by atoms with van der Waals surface area (Å²) in [6.45, 7) is 0.516. The van der Waals surface area contributed by atoms with Gasteiger partial charge in [-0.3, -0.25) is 4.79 Å². The first-order valence-corrected chi connectivity index (χ1v) is 8.03. The Kier molecular flexibility index (Phi) is 6.10. The molecule has 9 heteroatoms. The number of H-pyrrole nitrogens is 1. The minimum Gasteiger partial charge on any atom is -0.340 e. The molecule has 2 aromatic rings. The van der Waals surface area contributed by atoms with Crippen molar-refractivity contribution in [3.63, 3.8) is 0 Å². The third-order valence-corrected chi connectivity index (χ3v) is 4.03. The Morgan fingerprint density at radius 3 is 2.46 bits per heavy atom. The number of nitriles is 2. The van der Waals surface area contributed by atoms with Crippen LogP contribution in [0.1, 0.15) is 12.8 Å². The maximum atomic E-state index is 13.2. The fourth-order valence-electron chi connectivity index (χ4n) is 2.00. The first-order valence-electron chi connectivity index (χ1n) is 7.04. The summed E-state index contributed by atoms with van der Waals surface area (Å²) in [6.07, 6.45) is 0.371. The van der Waals surface area contributed by atoms with Gasteiger partial charge in [-0.1, -0.05) is 11.8 Å². The molecule has 0 bridgehead atoms. The van der Waals surface area contributed by atoms with Gasteiger partial charge in [-0.05, 0) is 0 Å². The van der Waals surface area contributed by atoms with Gasteiger partial charge in [0.2, 0.25) is 5.91 Å². The summed E-state index contributed by atoms with van der Waals surface area (Å²) in [4.78, 5) is 20.5. The van der Waals surface area contributed by atoms with Crippen LogP contribution in [0.3, 0.4) is 0 Å². The highest BCUT2D eigenvalue weighted by atomic mass is 32.2. The lowest BCUT2D eigenvalue weighted by molar-refractivity contribution is -0.128. The monoisotopic (exact) mass is 349 g/mol. The van der Waals surface area contributed by atoms with Gasteiger partial charge in [0.05, 0.1) is 41.8 Å². The van der Waals surface area contributed by atoms with Crippen molar-refractivity contribution >= 4 is 28.7 Å². The lowest BCUT2D eigenvalue weighted by Gasteiger charge is -2.19. The smallest absolute Gasteiger partial charge is 0.233 e. The fourth-order valence-corrected chi connectivity index (χ4v) is 2.79. The number of nitrogens with one attached hydrogen (secondary N) is 1. The lowest BCUT2D eigenvalue weighted by atomic mass is 10.3. The Bertz CT molecular complexity index is 767. The number of rotatable bonds is 7. The molecule has 0 spiro atoms. The van der Waals surface area contributed by atoms with Gasteiger partial charge >= 0.3 is 0 Å². The van der Waals surface area contributed by atoms with E-state index in [-0.39, 0.29) is 43.1 Å². The van der Waals surface area contributed by atoms with Gasteiger partial charge in [-0.2, -0.15) is 10.5 Å². The number of halogens is 2. The zero-order chi connectivity index (χ0) is 17.5. The quantitative estimate of drug-likeness (QED) is 0.775. The Balaban J connectivity index is 2.01. The van der Waals surface area contributed by atoms with Crippen LogP contribution in [0.25, 0.3) is 11.0 Å². The summed E-state index contributed by atoms with van der Waals surface area (Å²) in [5.74, 6) is -2.15. The highest BCUT2D eigenvalue weighted by Gasteiger charge is 2.15. The van der Waals surface area contributed by atoms with Crippen LogP contribution >= 0.6 is 11.8 Å². The summed E-state index contributed by atoms with van der Waals surface area (Å²) >= 11 is 1.09. The molecule has 0 aliphatic rings. The summed E-state index contributed by atoms with van der Waals surface area (Å²) in [5, 5.41) is 17.6. The van der Waals surface area contributed by atoms with Crippen molar-refractivity contribution in [2.45, 2.75) is 18.0 Å². The zero-order valence-corrected chi connectivity index (χ0v) is 13.4. The number of aromatic amines is 1. The lowest BCUT2D eigenvalue weighted by Crippen LogP contribution is -2.34. The SMILES string of the molecule is N#CCCN(CCC#N)C(=O)CSc1nc2cc(F)c(F)cc2[nH]1. The number of thioether (sulfide) groups is 1. The van der Waals surface area contributed by atoms with Crippen LogP contribution in [0.2, 0.25) is 0 Å². The van der Waals surface area contributed by atoms with Crippen LogP contribution < -0.4 is 0 Å². The number of fused-ring (bicyclic) bond motifs is 1. The topological polar surface area (TPSA) is 96.6 Å². The molecule has 0 aliphatic carbocycles. The first kappa shape index (κ1) is 17.7. The molecule has 1 aromatic heterocycles. The normalized spacial score (nSPS) is 10.3. The molecule has 0 unspecified atom stereocenters. The summed E-state index contributed by atoms with van der Waals surface area (Å²) < 4.78 is 26.3. The number of imidazole rings is 1. The second kappa shape index (κ2) is 8.27. The van der Waals surface area contributed by atoms with Crippen molar-refractivity contribution in [2.24, 2.45) is 0 Å². The van der Waals surface area contributed by atoms with E-state index in [0.717, 1.165) is 23.9 Å². The Morgan fingerprint density at radius 1 is 1.21 bits per heavy atom. The Hall–Kier alpha value is -2.65. The third kappa shape index (κ3) is 4.43. The predicted molar refractivity (Wildman–Crippen MR) is 83.8 cm³/mol. The van der Waals surface area contributed by atoms with Gasteiger partial charge in [0.1, 0.15) is 0 Å². The van der Waals surface area contributed by atoms with E-state index in [4.69, 9.17) is 10.5 Å². The number of hydrogen-bond acceptors (Lipinski definition) is 5. The second-order valence-corrected chi connectivity index (χ2v) is 5.78. The number of carbonyl (C=O) groups is 1. The van der Waals surface area contributed by atoms with E-state index in [0.29, 0.717) is 10.7 Å². The van der Waals surface area contributed by atoms with Gasteiger partial charge in [-0.15, -0.1) is 0 Å². The van der Waals surface area contributed by atoms with Crippen LogP contribution in [-0.2, 0) is 4.79 Å². The molecule has 0 saturated heterocycles. The zero-order valence-electron chi connectivity index (χ0n) is 12.6. The molecule has 24 heavy (non-hydrogen) atoms. The van der Waals surface area contributed by atoms with Crippen LogP contribution in [-0.4, -0.2) is 39.6 Å². The fraction of sp³-hybridized carbons (Fsp3) is 0.333. The summed E-state index contributed by atoms with van der Waals surface area (Å²) in [7, 11) is 0. The van der Waals surface area contributed by atoms with Crippen molar-refractivity contribution < 1.29 is 13.6 Å². The number of amides is 1. The van der Waals surface area contributed by atoms with Gasteiger partial charge in [-0.25, -0.2) is 13.8 Å². The maximum Gasteiger partial charge on any atom is 0.233 e. The van der Waals surface area contributed by atoms with Crippen molar-refractivity contribution in [2.75, 3.05) is 18.8 Å². The van der Waals surface area contributed by atoms with E-state index in [1.54, 1.807) is 0 Å². The number of nitrogens with zero attached hydrogens (tertiary/aromatic N) is 4. The first-order chi connectivity index (χ1) is 11.5. The Morgan fingerprint density at radius 2 is 1.83 bits per heavy atom. The summed E-state index contributed by atoms with van der Waals surface area (Å²) in [5.41, 5.74) is 0.615. The highest BCUT2D eigenvalue weighted by Crippen LogP contribution is 2.22. The molecule has 6 nitrogen and oxygen atoms in total. The third-order valence-electron chi connectivity index (χ3n) is 3.17. The van der Waals surface area contributed by atoms with Gasteiger partial charge in [0.25, 0.3) is 0 Å². The van der Waals surface area contributed by atoms with E-state index < -0.39 is 11.6 Å². The predicted octanol–water partition coefficient (Wildman–Crippen LogP) is 2.59. The van der Waals surface area contributed by atoms with Crippen LogP contribution in [0.4, 0.5) is 8.78 Å². The van der Waals surface area contributed by atoms with E-state index >= 15 is 0 Å². The molecule has 0 atom stereocenters. The van der Waals surface area contributed by atoms with Crippen LogP contribution in [0.5, 0.6) is 0 Å². The van der Waals surface area contributed by atoms with Gasteiger partial charge in [0, 0.05) is 25.2 Å². The van der Waals surface area contributed by atoms with Crippen molar-refractivity contribution in [3.05, 3.63) is 23.8 Å². The van der Waals surface area contributed by atoms with Gasteiger partial charge < -0.3 is 9.88 Å². The number of hydrogen-bond donors (Lipinski definition) is 1. The molecule has 0 fully saturated rings. The molecule has 2 rings (SSSR count). The number of benzene rings is 1.